The number of sulfonamides is 1. The number of amides is 1. The first kappa shape index (κ1) is 27.9. The highest BCUT2D eigenvalue weighted by atomic mass is 32.2. The van der Waals surface area contributed by atoms with Crippen molar-refractivity contribution >= 4 is 21.6 Å². The van der Waals surface area contributed by atoms with Gasteiger partial charge in [0.2, 0.25) is 5.91 Å². The average Bonchev–Trinajstić information content (AvgIpc) is 2.91. The molecular formula is C27H31FN2O6S. The molecule has 10 heteroatoms. The molecule has 0 aromatic heterocycles. The first-order valence-electron chi connectivity index (χ1n) is 11.6. The van der Waals surface area contributed by atoms with Gasteiger partial charge >= 0.3 is 0 Å². The second-order valence-electron chi connectivity index (χ2n) is 8.23. The second-order valence-corrected chi connectivity index (χ2v) is 10.2. The third-order valence-electron chi connectivity index (χ3n) is 5.69. The zero-order chi connectivity index (χ0) is 26.8. The number of hydrogen-bond acceptors (Lipinski definition) is 6. The van der Waals surface area contributed by atoms with Gasteiger partial charge in [-0.2, -0.15) is 0 Å². The summed E-state index contributed by atoms with van der Waals surface area (Å²) >= 11 is 0. The van der Waals surface area contributed by atoms with Crippen LogP contribution in [0.2, 0.25) is 0 Å². The predicted molar refractivity (Wildman–Crippen MR) is 139 cm³/mol. The van der Waals surface area contributed by atoms with Gasteiger partial charge in [-0.1, -0.05) is 24.3 Å². The number of nitrogens with zero attached hydrogens (tertiary/aromatic N) is 1. The van der Waals surface area contributed by atoms with E-state index < -0.39 is 10.0 Å². The Morgan fingerprint density at radius 1 is 0.919 bits per heavy atom. The molecule has 37 heavy (non-hydrogen) atoms. The van der Waals surface area contributed by atoms with Crippen molar-refractivity contribution in [2.45, 2.75) is 24.3 Å². The van der Waals surface area contributed by atoms with Gasteiger partial charge in [-0.25, -0.2) is 12.8 Å². The van der Waals surface area contributed by atoms with Crippen LogP contribution in [0.25, 0.3) is 0 Å². The molecule has 0 unspecified atom stereocenters. The molecule has 3 aromatic carbocycles. The third kappa shape index (κ3) is 7.68. The van der Waals surface area contributed by atoms with E-state index in [1.807, 2.05) is 0 Å². The zero-order valence-corrected chi connectivity index (χ0v) is 21.9. The lowest BCUT2D eigenvalue weighted by atomic mass is 10.1. The molecule has 0 saturated carbocycles. The maximum atomic E-state index is 13.1. The Hall–Kier alpha value is -3.63. The number of aryl methyl sites for hydroxylation is 1. The first-order valence-corrected chi connectivity index (χ1v) is 13.1. The third-order valence-corrected chi connectivity index (χ3v) is 7.49. The minimum atomic E-state index is -3.77. The second kappa shape index (κ2) is 13.1. The lowest BCUT2D eigenvalue weighted by Gasteiger charge is -2.21. The van der Waals surface area contributed by atoms with Crippen LogP contribution in [-0.2, 0) is 32.6 Å². The number of ether oxygens (including phenoxy) is 3. The number of rotatable bonds is 13. The molecule has 1 amide bonds. The average molecular weight is 531 g/mol. The predicted octanol–water partition coefficient (Wildman–Crippen LogP) is 3.93. The highest BCUT2D eigenvalue weighted by molar-refractivity contribution is 7.92. The molecule has 3 rings (SSSR count). The Bertz CT molecular complexity index is 1280. The number of hydrogen-bond donors (Lipinski definition) is 1. The summed E-state index contributed by atoms with van der Waals surface area (Å²) in [6.45, 7) is 0.600. The molecule has 8 nitrogen and oxygen atoms in total. The van der Waals surface area contributed by atoms with E-state index in [-0.39, 0.29) is 29.8 Å². The Labute approximate surface area is 217 Å². The topological polar surface area (TPSA) is 94.2 Å². The fraction of sp³-hybridized carbons (Fsp3) is 0.296. The lowest BCUT2D eigenvalue weighted by molar-refractivity contribution is -0.126. The smallest absolute Gasteiger partial charge is 0.264 e. The highest BCUT2D eigenvalue weighted by Gasteiger charge is 2.22. The van der Waals surface area contributed by atoms with Gasteiger partial charge in [-0.05, 0) is 60.4 Å². The molecule has 0 aliphatic rings. The standard InChI is InChI=1S/C27H31FN2O6S/c1-30(23-12-15-25(34-2)26(17-23)35-3)37(32,33)24-13-8-20(9-14-24)5-4-16-29-27(31)19-36-18-21-6-10-22(28)11-7-21/h6-15,17H,4-5,16,18-19H2,1-3H3,(H,29,31). The van der Waals surface area contributed by atoms with Crippen LogP contribution in [0.4, 0.5) is 10.1 Å². The lowest BCUT2D eigenvalue weighted by Crippen LogP contribution is -2.28. The summed E-state index contributed by atoms with van der Waals surface area (Å²) in [5.41, 5.74) is 2.18. The number of nitrogens with one attached hydrogen (secondary N) is 1. The van der Waals surface area contributed by atoms with E-state index in [1.54, 1.807) is 54.6 Å². The van der Waals surface area contributed by atoms with Crippen molar-refractivity contribution in [3.63, 3.8) is 0 Å². The Kier molecular flexibility index (Phi) is 9.87. The monoisotopic (exact) mass is 530 g/mol. The van der Waals surface area contributed by atoms with Gasteiger partial charge in [0.25, 0.3) is 10.0 Å². The maximum Gasteiger partial charge on any atom is 0.264 e. The first-order chi connectivity index (χ1) is 17.7. The van der Waals surface area contributed by atoms with Gasteiger partial charge < -0.3 is 19.5 Å². The van der Waals surface area contributed by atoms with Crippen molar-refractivity contribution in [1.29, 1.82) is 0 Å². The quantitative estimate of drug-likeness (QED) is 0.337. The SMILES string of the molecule is COc1ccc(N(C)S(=O)(=O)c2ccc(CCCNC(=O)COCc3ccc(F)cc3)cc2)cc1OC. The number of methoxy groups -OCH3 is 2. The molecule has 1 N–H and O–H groups in total. The van der Waals surface area contributed by atoms with Crippen molar-refractivity contribution in [1.82, 2.24) is 5.32 Å². The van der Waals surface area contributed by atoms with Crippen LogP contribution < -0.4 is 19.1 Å². The van der Waals surface area contributed by atoms with Crippen molar-refractivity contribution in [3.8, 4) is 11.5 Å². The number of carbonyl (C=O) groups is 1. The molecule has 0 bridgehead atoms. The Morgan fingerprint density at radius 2 is 1.57 bits per heavy atom. The van der Waals surface area contributed by atoms with Crippen LogP contribution in [-0.4, -0.2) is 48.7 Å². The van der Waals surface area contributed by atoms with Gasteiger partial charge in [0.15, 0.2) is 11.5 Å². The molecule has 0 saturated heterocycles. The summed E-state index contributed by atoms with van der Waals surface area (Å²) in [7, 11) is 0.713. The molecule has 3 aromatic rings. The van der Waals surface area contributed by atoms with Gasteiger partial charge in [0.05, 0.1) is 31.4 Å². The summed E-state index contributed by atoms with van der Waals surface area (Å²) < 4.78 is 56.1. The van der Waals surface area contributed by atoms with E-state index in [9.17, 15) is 17.6 Å². The largest absolute Gasteiger partial charge is 0.493 e. The van der Waals surface area contributed by atoms with Crippen LogP contribution in [0.3, 0.4) is 0 Å². The van der Waals surface area contributed by atoms with Crippen LogP contribution in [0.1, 0.15) is 17.5 Å². The molecule has 0 spiro atoms. The fourth-order valence-corrected chi connectivity index (χ4v) is 4.75. The van der Waals surface area contributed by atoms with Gasteiger partial charge in [-0.3, -0.25) is 9.10 Å². The molecule has 0 fully saturated rings. The minimum absolute atomic E-state index is 0.0858. The molecule has 0 radical (unpaired) electrons. The minimum Gasteiger partial charge on any atom is -0.493 e. The van der Waals surface area contributed by atoms with E-state index in [1.165, 1.54) is 37.7 Å². The highest BCUT2D eigenvalue weighted by Crippen LogP contribution is 2.33. The van der Waals surface area contributed by atoms with E-state index in [2.05, 4.69) is 5.32 Å². The van der Waals surface area contributed by atoms with Crippen molar-refractivity contribution in [2.24, 2.45) is 0 Å². The Balaban J connectivity index is 1.45. The van der Waals surface area contributed by atoms with Crippen molar-refractivity contribution < 1.29 is 31.8 Å². The van der Waals surface area contributed by atoms with Crippen LogP contribution in [0.5, 0.6) is 11.5 Å². The number of benzene rings is 3. The van der Waals surface area contributed by atoms with E-state index >= 15 is 0 Å². The summed E-state index contributed by atoms with van der Waals surface area (Å²) in [5.74, 6) is 0.389. The van der Waals surface area contributed by atoms with E-state index in [0.717, 1.165) is 11.1 Å². The molecular weight excluding hydrogens is 499 g/mol. The normalized spacial score (nSPS) is 11.1. The summed E-state index contributed by atoms with van der Waals surface area (Å²) in [4.78, 5) is 12.1. The van der Waals surface area contributed by atoms with Crippen LogP contribution in [0.15, 0.2) is 71.6 Å². The van der Waals surface area contributed by atoms with Gasteiger partial charge in [0.1, 0.15) is 12.4 Å². The van der Waals surface area contributed by atoms with Crippen LogP contribution >= 0.6 is 0 Å². The van der Waals surface area contributed by atoms with Gasteiger partial charge in [-0.15, -0.1) is 0 Å². The number of carbonyl (C=O) groups excluding carboxylic acids is 1. The molecule has 0 heterocycles. The number of halogens is 1. The zero-order valence-electron chi connectivity index (χ0n) is 21.1. The summed E-state index contributed by atoms with van der Waals surface area (Å²) in [5, 5.41) is 2.79. The van der Waals surface area contributed by atoms with E-state index in [0.29, 0.717) is 36.6 Å². The van der Waals surface area contributed by atoms with Crippen molar-refractivity contribution in [2.75, 3.05) is 38.7 Å². The summed E-state index contributed by atoms with van der Waals surface area (Å²) in [6.07, 6.45) is 1.35. The van der Waals surface area contributed by atoms with Crippen molar-refractivity contribution in [3.05, 3.63) is 83.7 Å². The van der Waals surface area contributed by atoms with Gasteiger partial charge in [0, 0.05) is 19.7 Å². The molecule has 0 aliphatic heterocycles. The Morgan fingerprint density at radius 3 is 2.22 bits per heavy atom. The summed E-state index contributed by atoms with van der Waals surface area (Å²) in [6, 6.07) is 17.5. The molecule has 0 atom stereocenters. The molecule has 0 aliphatic carbocycles. The number of anilines is 1. The maximum absolute atomic E-state index is 13.1. The molecule has 198 valence electrons. The fourth-order valence-electron chi connectivity index (χ4n) is 3.56. The van der Waals surface area contributed by atoms with Crippen LogP contribution in [0, 0.1) is 5.82 Å². The van der Waals surface area contributed by atoms with E-state index in [4.69, 9.17) is 14.2 Å².